The molecule has 0 bridgehead atoms. The highest BCUT2D eigenvalue weighted by Gasteiger charge is 2.15. The summed E-state index contributed by atoms with van der Waals surface area (Å²) in [4.78, 5) is 3.05. The van der Waals surface area contributed by atoms with Gasteiger partial charge in [0.1, 0.15) is 5.01 Å². The van der Waals surface area contributed by atoms with Crippen LogP contribution in [0, 0.1) is 0 Å². The molecule has 0 spiro atoms. The molecule has 0 saturated carbocycles. The van der Waals surface area contributed by atoms with E-state index in [4.69, 9.17) is 23.2 Å². The SMILES string of the molecule is CCN(CC)Cc1nnc2sc(-c3ccc(Cl)c(Cl)c3)nn12. The molecule has 0 aliphatic rings. The molecule has 0 aliphatic carbocycles. The van der Waals surface area contributed by atoms with Gasteiger partial charge in [-0.25, -0.2) is 0 Å². The molecule has 1 aromatic carbocycles. The molecule has 0 amide bonds. The van der Waals surface area contributed by atoms with Crippen LogP contribution >= 0.6 is 34.5 Å². The molecular weight excluding hydrogens is 341 g/mol. The van der Waals surface area contributed by atoms with Gasteiger partial charge in [0.15, 0.2) is 5.82 Å². The van der Waals surface area contributed by atoms with Crippen molar-refractivity contribution in [3.05, 3.63) is 34.1 Å². The van der Waals surface area contributed by atoms with E-state index in [9.17, 15) is 0 Å². The summed E-state index contributed by atoms with van der Waals surface area (Å²) in [5.41, 5.74) is 0.929. The number of nitrogens with zero attached hydrogens (tertiary/aromatic N) is 5. The lowest BCUT2D eigenvalue weighted by Crippen LogP contribution is -2.23. The number of halogens is 2. The minimum atomic E-state index is 0.522. The van der Waals surface area contributed by atoms with Crippen LogP contribution in [-0.4, -0.2) is 37.8 Å². The lowest BCUT2D eigenvalue weighted by Gasteiger charge is -2.15. The molecule has 0 aliphatic heterocycles. The van der Waals surface area contributed by atoms with E-state index in [-0.39, 0.29) is 0 Å². The van der Waals surface area contributed by atoms with Crippen LogP contribution in [0.4, 0.5) is 0 Å². The Labute approximate surface area is 142 Å². The van der Waals surface area contributed by atoms with Crippen LogP contribution in [0.3, 0.4) is 0 Å². The van der Waals surface area contributed by atoms with Crippen molar-refractivity contribution < 1.29 is 0 Å². The summed E-state index contributed by atoms with van der Waals surface area (Å²) in [5, 5.41) is 15.0. The van der Waals surface area contributed by atoms with Gasteiger partial charge in [0.2, 0.25) is 4.96 Å². The molecule has 2 heterocycles. The monoisotopic (exact) mass is 355 g/mol. The van der Waals surface area contributed by atoms with Crippen molar-refractivity contribution >= 4 is 39.5 Å². The summed E-state index contributed by atoms with van der Waals surface area (Å²) in [5.74, 6) is 0.848. The average molecular weight is 356 g/mol. The first kappa shape index (κ1) is 15.7. The normalized spacial score (nSPS) is 11.7. The summed E-state index contributed by atoms with van der Waals surface area (Å²) in [6.07, 6.45) is 0. The molecule has 0 unspecified atom stereocenters. The molecule has 0 N–H and O–H groups in total. The Morgan fingerprint density at radius 1 is 1.14 bits per heavy atom. The molecule has 3 rings (SSSR count). The molecule has 2 aromatic heterocycles. The molecule has 0 atom stereocenters. The van der Waals surface area contributed by atoms with Crippen LogP contribution in [-0.2, 0) is 6.54 Å². The Bertz CT molecular complexity index is 794. The maximum Gasteiger partial charge on any atom is 0.235 e. The van der Waals surface area contributed by atoms with Gasteiger partial charge in [-0.05, 0) is 25.2 Å². The zero-order valence-electron chi connectivity index (χ0n) is 12.3. The van der Waals surface area contributed by atoms with Crippen molar-refractivity contribution in [2.24, 2.45) is 0 Å². The second-order valence-electron chi connectivity index (χ2n) is 4.81. The van der Waals surface area contributed by atoms with Crippen molar-refractivity contribution in [2.45, 2.75) is 20.4 Å². The van der Waals surface area contributed by atoms with E-state index in [1.54, 1.807) is 10.6 Å². The Morgan fingerprint density at radius 3 is 2.59 bits per heavy atom. The highest BCUT2D eigenvalue weighted by Crippen LogP contribution is 2.31. The van der Waals surface area contributed by atoms with E-state index < -0.39 is 0 Å². The smallest absolute Gasteiger partial charge is 0.235 e. The van der Waals surface area contributed by atoms with Gasteiger partial charge in [0, 0.05) is 5.56 Å². The third kappa shape index (κ3) is 2.96. The van der Waals surface area contributed by atoms with E-state index in [1.165, 1.54) is 11.3 Å². The first-order chi connectivity index (χ1) is 10.6. The maximum absolute atomic E-state index is 6.08. The zero-order chi connectivity index (χ0) is 15.7. The van der Waals surface area contributed by atoms with Crippen molar-refractivity contribution in [2.75, 3.05) is 13.1 Å². The van der Waals surface area contributed by atoms with Gasteiger partial charge < -0.3 is 0 Å². The Balaban J connectivity index is 1.96. The minimum Gasteiger partial charge on any atom is -0.296 e. The predicted molar refractivity (Wildman–Crippen MR) is 90.7 cm³/mol. The third-order valence-electron chi connectivity index (χ3n) is 3.48. The van der Waals surface area contributed by atoms with Crippen LogP contribution in [0.15, 0.2) is 18.2 Å². The molecular formula is C14H15Cl2N5S. The van der Waals surface area contributed by atoms with Crippen LogP contribution in [0.5, 0.6) is 0 Å². The van der Waals surface area contributed by atoms with Crippen molar-refractivity contribution in [3.8, 4) is 10.6 Å². The van der Waals surface area contributed by atoms with E-state index in [0.717, 1.165) is 41.0 Å². The maximum atomic E-state index is 6.08. The number of benzene rings is 1. The summed E-state index contributed by atoms with van der Waals surface area (Å²) in [6, 6.07) is 5.50. The zero-order valence-corrected chi connectivity index (χ0v) is 14.6. The number of hydrogen-bond acceptors (Lipinski definition) is 5. The predicted octanol–water partition coefficient (Wildman–Crippen LogP) is 4.00. The highest BCUT2D eigenvalue weighted by atomic mass is 35.5. The lowest BCUT2D eigenvalue weighted by molar-refractivity contribution is 0.286. The molecule has 8 heteroatoms. The molecule has 22 heavy (non-hydrogen) atoms. The van der Waals surface area contributed by atoms with Crippen LogP contribution < -0.4 is 0 Å². The molecule has 5 nitrogen and oxygen atoms in total. The number of fused-ring (bicyclic) bond motifs is 1. The van der Waals surface area contributed by atoms with Gasteiger partial charge in [0.05, 0.1) is 16.6 Å². The fourth-order valence-electron chi connectivity index (χ4n) is 2.15. The summed E-state index contributed by atoms with van der Waals surface area (Å²) < 4.78 is 1.81. The summed E-state index contributed by atoms with van der Waals surface area (Å²) in [6.45, 7) is 6.93. The minimum absolute atomic E-state index is 0.522. The third-order valence-corrected chi connectivity index (χ3v) is 5.17. The Kier molecular flexibility index (Phi) is 4.63. The number of hydrogen-bond donors (Lipinski definition) is 0. The van der Waals surface area contributed by atoms with E-state index in [1.807, 2.05) is 12.1 Å². The van der Waals surface area contributed by atoms with Crippen molar-refractivity contribution in [1.29, 1.82) is 0 Å². The summed E-state index contributed by atoms with van der Waals surface area (Å²) in [7, 11) is 0. The second kappa shape index (κ2) is 6.50. The Hall–Kier alpha value is -1.21. The largest absolute Gasteiger partial charge is 0.296 e. The van der Waals surface area contributed by atoms with E-state index in [2.05, 4.69) is 34.0 Å². The topological polar surface area (TPSA) is 46.3 Å². The lowest BCUT2D eigenvalue weighted by atomic mass is 10.2. The Morgan fingerprint density at radius 2 is 1.91 bits per heavy atom. The standard InChI is InChI=1S/C14H15Cl2N5S/c1-3-20(4-2)8-12-17-18-14-21(12)19-13(22-14)9-5-6-10(15)11(16)7-9/h5-7H,3-4,8H2,1-2H3. The first-order valence-corrected chi connectivity index (χ1v) is 8.58. The van der Waals surface area contributed by atoms with Crippen LogP contribution in [0.2, 0.25) is 10.0 Å². The van der Waals surface area contributed by atoms with Crippen LogP contribution in [0.1, 0.15) is 19.7 Å². The average Bonchev–Trinajstić information content (AvgIpc) is 3.09. The molecule has 116 valence electrons. The van der Waals surface area contributed by atoms with Gasteiger partial charge in [-0.15, -0.1) is 10.2 Å². The highest BCUT2D eigenvalue weighted by molar-refractivity contribution is 7.19. The molecule has 0 saturated heterocycles. The first-order valence-electron chi connectivity index (χ1n) is 7.01. The van der Waals surface area contributed by atoms with Gasteiger partial charge in [-0.3, -0.25) is 4.90 Å². The number of aromatic nitrogens is 4. The van der Waals surface area contributed by atoms with Gasteiger partial charge in [-0.1, -0.05) is 54.5 Å². The van der Waals surface area contributed by atoms with Gasteiger partial charge in [0.25, 0.3) is 0 Å². The summed E-state index contributed by atoms with van der Waals surface area (Å²) >= 11 is 13.5. The van der Waals surface area contributed by atoms with E-state index >= 15 is 0 Å². The quantitative estimate of drug-likeness (QED) is 0.693. The van der Waals surface area contributed by atoms with Crippen LogP contribution in [0.25, 0.3) is 15.5 Å². The fourth-order valence-corrected chi connectivity index (χ4v) is 3.30. The van der Waals surface area contributed by atoms with E-state index in [0.29, 0.717) is 10.0 Å². The second-order valence-corrected chi connectivity index (χ2v) is 6.58. The van der Waals surface area contributed by atoms with Gasteiger partial charge >= 0.3 is 0 Å². The van der Waals surface area contributed by atoms with Gasteiger partial charge in [-0.2, -0.15) is 9.61 Å². The van der Waals surface area contributed by atoms with Crippen molar-refractivity contribution in [3.63, 3.8) is 0 Å². The fraction of sp³-hybridized carbons (Fsp3) is 0.357. The number of rotatable bonds is 5. The molecule has 0 radical (unpaired) electrons. The van der Waals surface area contributed by atoms with Crippen molar-refractivity contribution in [1.82, 2.24) is 24.7 Å². The molecule has 0 fully saturated rings. The molecule has 3 aromatic rings.